The van der Waals surface area contributed by atoms with E-state index in [4.69, 9.17) is 0 Å². The van der Waals surface area contributed by atoms with Crippen molar-refractivity contribution >= 4 is 0 Å². The molecule has 0 aromatic heterocycles. The maximum atomic E-state index is 14.6. The highest BCUT2D eigenvalue weighted by atomic mass is 19.3. The van der Waals surface area contributed by atoms with Gasteiger partial charge in [0.2, 0.25) is 0 Å². The Morgan fingerprint density at radius 3 is 1.75 bits per heavy atom. The number of rotatable bonds is 11. The molecular weight excluding hydrogens is 496 g/mol. The van der Waals surface area contributed by atoms with E-state index < -0.39 is 47.3 Å². The van der Waals surface area contributed by atoms with Gasteiger partial charge in [0, 0.05) is 0 Å². The second kappa shape index (κ2) is 11.6. The molecule has 0 aliphatic rings. The van der Waals surface area contributed by atoms with Crippen LogP contribution in [0.15, 0.2) is 48.5 Å². The second-order valence-electron chi connectivity index (χ2n) is 8.07. The second-order valence-corrected chi connectivity index (χ2v) is 8.07. The quantitative estimate of drug-likeness (QED) is 0.239. The van der Waals surface area contributed by atoms with Gasteiger partial charge in [-0.1, -0.05) is 25.5 Å². The predicted molar refractivity (Wildman–Crippen MR) is 116 cm³/mol. The number of unbranched alkanes of at least 4 members (excludes halogenated alkanes) is 1. The molecule has 0 spiro atoms. The van der Waals surface area contributed by atoms with Gasteiger partial charge < -0.3 is 9.47 Å². The first-order chi connectivity index (χ1) is 17.0. The smallest absolute Gasteiger partial charge is 0.429 e. The predicted octanol–water partition coefficient (Wildman–Crippen LogP) is 8.10. The SMILES string of the molecule is CCCCc1cc(F)c(C(F)(F)Oc2ccc(CCc3cc(F)c(OC(F)F)c(F)c3)cc2)c(F)c1. The minimum atomic E-state index is -4.28. The topological polar surface area (TPSA) is 18.5 Å². The molecule has 0 aliphatic heterocycles. The van der Waals surface area contributed by atoms with Crippen LogP contribution in [0.5, 0.6) is 11.5 Å². The lowest BCUT2D eigenvalue weighted by molar-refractivity contribution is -0.189. The molecule has 0 aliphatic carbocycles. The molecule has 10 heteroatoms. The molecule has 0 amide bonds. The van der Waals surface area contributed by atoms with Crippen LogP contribution in [0.1, 0.15) is 42.0 Å². The van der Waals surface area contributed by atoms with Gasteiger partial charge in [-0.05, 0) is 78.8 Å². The average molecular weight is 518 g/mol. The van der Waals surface area contributed by atoms with E-state index in [-0.39, 0.29) is 29.7 Å². The highest BCUT2D eigenvalue weighted by Gasteiger charge is 2.41. The minimum absolute atomic E-state index is 0.0972. The summed E-state index contributed by atoms with van der Waals surface area (Å²) in [4.78, 5) is 0. The Balaban J connectivity index is 1.67. The van der Waals surface area contributed by atoms with Gasteiger partial charge in [0.25, 0.3) is 0 Å². The van der Waals surface area contributed by atoms with Crippen molar-refractivity contribution in [3.05, 3.63) is 94.1 Å². The maximum absolute atomic E-state index is 14.6. The Labute approximate surface area is 202 Å². The maximum Gasteiger partial charge on any atom is 0.432 e. The van der Waals surface area contributed by atoms with Crippen molar-refractivity contribution in [3.8, 4) is 11.5 Å². The van der Waals surface area contributed by atoms with E-state index in [0.717, 1.165) is 42.8 Å². The zero-order chi connectivity index (χ0) is 26.5. The van der Waals surface area contributed by atoms with E-state index in [1.807, 2.05) is 6.92 Å². The lowest BCUT2D eigenvalue weighted by Gasteiger charge is -2.20. The first-order valence-corrected chi connectivity index (χ1v) is 11.1. The van der Waals surface area contributed by atoms with E-state index in [0.29, 0.717) is 18.4 Å². The number of alkyl halides is 4. The van der Waals surface area contributed by atoms with Crippen LogP contribution in [0, 0.1) is 23.3 Å². The summed E-state index contributed by atoms with van der Waals surface area (Å²) in [5.41, 5.74) is -0.495. The largest absolute Gasteiger partial charge is 0.432 e. The normalized spacial score (nSPS) is 11.7. The van der Waals surface area contributed by atoms with Gasteiger partial charge in [-0.15, -0.1) is 0 Å². The Morgan fingerprint density at radius 1 is 0.722 bits per heavy atom. The Kier molecular flexibility index (Phi) is 8.81. The standard InChI is InChI=1S/C26H22F8O2/c1-2-3-4-16-11-19(27)23(20(28)12-16)26(33,34)36-18-9-7-15(8-10-18)5-6-17-13-21(29)24(22(30)14-17)35-25(31)32/h7-14,25H,2-6H2,1H3. The summed E-state index contributed by atoms with van der Waals surface area (Å²) in [6.45, 7) is -1.49. The number of hydrogen-bond acceptors (Lipinski definition) is 2. The first-order valence-electron chi connectivity index (χ1n) is 11.1. The van der Waals surface area contributed by atoms with Crippen LogP contribution in [0.2, 0.25) is 0 Å². The van der Waals surface area contributed by atoms with Crippen LogP contribution < -0.4 is 9.47 Å². The summed E-state index contributed by atoms with van der Waals surface area (Å²) in [6.07, 6.45) is -2.19. The summed E-state index contributed by atoms with van der Waals surface area (Å²) < 4.78 is 118. The monoisotopic (exact) mass is 518 g/mol. The van der Waals surface area contributed by atoms with E-state index >= 15 is 0 Å². The van der Waals surface area contributed by atoms with Crippen LogP contribution in [0.3, 0.4) is 0 Å². The van der Waals surface area contributed by atoms with Crippen molar-refractivity contribution < 1.29 is 44.6 Å². The van der Waals surface area contributed by atoms with Crippen LogP contribution in [-0.4, -0.2) is 6.61 Å². The zero-order valence-corrected chi connectivity index (χ0v) is 19.1. The van der Waals surface area contributed by atoms with E-state index in [9.17, 15) is 35.1 Å². The van der Waals surface area contributed by atoms with Gasteiger partial charge in [-0.25, -0.2) is 17.6 Å². The minimum Gasteiger partial charge on any atom is -0.429 e. The van der Waals surface area contributed by atoms with Gasteiger partial charge >= 0.3 is 12.7 Å². The molecule has 0 saturated heterocycles. The molecule has 0 N–H and O–H groups in total. The zero-order valence-electron chi connectivity index (χ0n) is 19.1. The van der Waals surface area contributed by atoms with E-state index in [1.165, 1.54) is 12.1 Å². The van der Waals surface area contributed by atoms with Crippen LogP contribution in [0.25, 0.3) is 0 Å². The summed E-state index contributed by atoms with van der Waals surface area (Å²) >= 11 is 0. The van der Waals surface area contributed by atoms with E-state index in [2.05, 4.69) is 9.47 Å². The number of halogens is 8. The number of ether oxygens (including phenoxy) is 2. The van der Waals surface area contributed by atoms with Gasteiger partial charge in [0.05, 0.1) is 0 Å². The van der Waals surface area contributed by atoms with Crippen molar-refractivity contribution in [1.82, 2.24) is 0 Å². The molecule has 0 bridgehead atoms. The van der Waals surface area contributed by atoms with Crippen LogP contribution in [-0.2, 0) is 25.4 Å². The van der Waals surface area contributed by atoms with Crippen molar-refractivity contribution in [3.63, 3.8) is 0 Å². The third kappa shape index (κ3) is 6.89. The van der Waals surface area contributed by atoms with Gasteiger partial charge in [0.15, 0.2) is 17.4 Å². The summed E-state index contributed by atoms with van der Waals surface area (Å²) in [5, 5.41) is 0. The molecule has 194 valence electrons. The van der Waals surface area contributed by atoms with Gasteiger partial charge in [-0.3, -0.25) is 0 Å². The number of hydrogen-bond donors (Lipinski definition) is 0. The summed E-state index contributed by atoms with van der Waals surface area (Å²) in [7, 11) is 0. The molecule has 0 radical (unpaired) electrons. The number of aryl methyl sites for hydroxylation is 3. The average Bonchev–Trinajstić information content (AvgIpc) is 2.78. The van der Waals surface area contributed by atoms with Crippen molar-refractivity contribution in [2.45, 2.75) is 51.7 Å². The molecule has 3 aromatic carbocycles. The molecule has 0 atom stereocenters. The van der Waals surface area contributed by atoms with Crippen LogP contribution in [0.4, 0.5) is 35.1 Å². The fraction of sp³-hybridized carbons (Fsp3) is 0.308. The highest BCUT2D eigenvalue weighted by molar-refractivity contribution is 5.34. The lowest BCUT2D eigenvalue weighted by Crippen LogP contribution is -2.25. The molecule has 36 heavy (non-hydrogen) atoms. The Bertz CT molecular complexity index is 1130. The van der Waals surface area contributed by atoms with Crippen molar-refractivity contribution in [1.29, 1.82) is 0 Å². The third-order valence-electron chi connectivity index (χ3n) is 5.35. The molecule has 0 saturated carbocycles. The molecule has 0 fully saturated rings. The molecule has 2 nitrogen and oxygen atoms in total. The molecule has 3 rings (SSSR count). The van der Waals surface area contributed by atoms with Gasteiger partial charge in [-0.2, -0.15) is 17.6 Å². The molecule has 3 aromatic rings. The number of benzene rings is 3. The van der Waals surface area contributed by atoms with E-state index in [1.54, 1.807) is 0 Å². The molecule has 0 unspecified atom stereocenters. The highest BCUT2D eigenvalue weighted by Crippen LogP contribution is 2.36. The molecular formula is C26H22F8O2. The fourth-order valence-corrected chi connectivity index (χ4v) is 3.60. The van der Waals surface area contributed by atoms with Crippen molar-refractivity contribution in [2.24, 2.45) is 0 Å². The summed E-state index contributed by atoms with van der Waals surface area (Å²) in [5.74, 6) is -6.93. The van der Waals surface area contributed by atoms with Gasteiger partial charge in [0.1, 0.15) is 22.9 Å². The summed E-state index contributed by atoms with van der Waals surface area (Å²) in [6, 6.07) is 8.56. The molecule has 0 heterocycles. The van der Waals surface area contributed by atoms with Crippen molar-refractivity contribution in [2.75, 3.05) is 0 Å². The third-order valence-corrected chi connectivity index (χ3v) is 5.35. The van der Waals surface area contributed by atoms with Crippen LogP contribution >= 0.6 is 0 Å². The Morgan fingerprint density at radius 2 is 1.22 bits per heavy atom. The Hall–Kier alpha value is -3.30. The lowest BCUT2D eigenvalue weighted by atomic mass is 10.0. The fourth-order valence-electron chi connectivity index (χ4n) is 3.60. The first kappa shape index (κ1) is 27.3.